The van der Waals surface area contributed by atoms with Crippen LogP contribution in [0.3, 0.4) is 0 Å². The molecule has 1 aromatic heterocycles. The number of likely N-dealkylation sites (N-methyl/N-ethyl adjacent to an activating group) is 1. The van der Waals surface area contributed by atoms with Crippen molar-refractivity contribution in [1.82, 2.24) is 10.2 Å². The van der Waals surface area contributed by atoms with Crippen molar-refractivity contribution in [3.63, 3.8) is 0 Å². The SMILES string of the molecule is CNC1CCCN(C(=O)c2csc(I)c2)C1.Cl. The molecule has 2 rings (SSSR count). The number of nitrogens with one attached hydrogen (secondary N) is 1. The molecule has 1 atom stereocenters. The van der Waals surface area contributed by atoms with Gasteiger partial charge in [-0.25, -0.2) is 0 Å². The van der Waals surface area contributed by atoms with Gasteiger partial charge >= 0.3 is 0 Å². The van der Waals surface area contributed by atoms with E-state index in [0.717, 1.165) is 25.1 Å². The lowest BCUT2D eigenvalue weighted by molar-refractivity contribution is 0.0698. The first-order chi connectivity index (χ1) is 7.70. The van der Waals surface area contributed by atoms with E-state index in [-0.39, 0.29) is 18.3 Å². The second kappa shape index (κ2) is 6.92. The Bertz CT molecular complexity index is 385. The molecule has 0 bridgehead atoms. The number of halogens is 2. The molecule has 6 heteroatoms. The quantitative estimate of drug-likeness (QED) is 0.793. The lowest BCUT2D eigenvalue weighted by Gasteiger charge is -2.32. The third kappa shape index (κ3) is 3.81. The Hall–Kier alpha value is 0.150. The van der Waals surface area contributed by atoms with Gasteiger partial charge in [0.25, 0.3) is 5.91 Å². The van der Waals surface area contributed by atoms with Crippen LogP contribution in [0.2, 0.25) is 0 Å². The minimum Gasteiger partial charge on any atom is -0.337 e. The number of thiophene rings is 1. The first kappa shape index (κ1) is 15.2. The second-order valence-corrected chi connectivity index (χ2v) is 6.82. The second-order valence-electron chi connectivity index (χ2n) is 4.02. The van der Waals surface area contributed by atoms with Crippen LogP contribution in [-0.2, 0) is 0 Å². The van der Waals surface area contributed by atoms with Crippen LogP contribution in [0.4, 0.5) is 0 Å². The molecule has 1 N–H and O–H groups in total. The number of likely N-dealkylation sites (tertiary alicyclic amines) is 1. The summed E-state index contributed by atoms with van der Waals surface area (Å²) in [7, 11) is 1.96. The maximum atomic E-state index is 12.2. The summed E-state index contributed by atoms with van der Waals surface area (Å²) in [4.78, 5) is 14.1. The molecule has 3 nitrogen and oxygen atoms in total. The van der Waals surface area contributed by atoms with Crippen LogP contribution in [0, 0.1) is 2.88 Å². The number of hydrogen-bond donors (Lipinski definition) is 1. The van der Waals surface area contributed by atoms with E-state index < -0.39 is 0 Å². The number of hydrogen-bond acceptors (Lipinski definition) is 3. The van der Waals surface area contributed by atoms with E-state index in [0.29, 0.717) is 6.04 Å². The van der Waals surface area contributed by atoms with Crippen molar-refractivity contribution >= 4 is 52.2 Å². The van der Waals surface area contributed by atoms with Gasteiger partial charge in [0, 0.05) is 24.5 Å². The van der Waals surface area contributed by atoms with Crippen LogP contribution in [0.1, 0.15) is 23.2 Å². The largest absolute Gasteiger partial charge is 0.337 e. The molecule has 1 unspecified atom stereocenters. The molecule has 0 aromatic carbocycles. The van der Waals surface area contributed by atoms with Gasteiger partial charge in [-0.2, -0.15) is 0 Å². The van der Waals surface area contributed by atoms with Gasteiger partial charge in [-0.15, -0.1) is 23.7 Å². The molecule has 17 heavy (non-hydrogen) atoms. The van der Waals surface area contributed by atoms with Crippen LogP contribution >= 0.6 is 46.3 Å². The predicted molar refractivity (Wildman–Crippen MR) is 82.3 cm³/mol. The summed E-state index contributed by atoms with van der Waals surface area (Å²) in [5.74, 6) is 0.180. The van der Waals surface area contributed by atoms with Gasteiger partial charge < -0.3 is 10.2 Å². The highest BCUT2D eigenvalue weighted by Gasteiger charge is 2.23. The third-order valence-electron chi connectivity index (χ3n) is 2.93. The van der Waals surface area contributed by atoms with Crippen molar-refractivity contribution < 1.29 is 4.79 Å². The molecular weight excluding hydrogens is 371 g/mol. The highest BCUT2D eigenvalue weighted by molar-refractivity contribution is 14.1. The minimum atomic E-state index is 0. The van der Waals surface area contributed by atoms with Crippen molar-refractivity contribution in [2.24, 2.45) is 0 Å². The van der Waals surface area contributed by atoms with Gasteiger partial charge in [0.2, 0.25) is 0 Å². The van der Waals surface area contributed by atoms with Crippen LogP contribution in [0.5, 0.6) is 0 Å². The van der Waals surface area contributed by atoms with Crippen LogP contribution in [0.15, 0.2) is 11.4 Å². The number of piperidine rings is 1. The summed E-state index contributed by atoms with van der Waals surface area (Å²) in [6.07, 6.45) is 2.26. The van der Waals surface area contributed by atoms with E-state index in [9.17, 15) is 4.79 Å². The van der Waals surface area contributed by atoms with Crippen molar-refractivity contribution in [3.05, 3.63) is 19.9 Å². The monoisotopic (exact) mass is 386 g/mol. The molecule has 0 saturated carbocycles. The average molecular weight is 387 g/mol. The maximum Gasteiger partial charge on any atom is 0.254 e. The molecule has 1 amide bonds. The number of carbonyl (C=O) groups is 1. The standard InChI is InChI=1S/C11H15IN2OS.ClH/c1-13-9-3-2-4-14(6-9)11(15)8-5-10(12)16-7-8;/h5,7,9,13H,2-4,6H2,1H3;1H. The summed E-state index contributed by atoms with van der Waals surface area (Å²) >= 11 is 3.88. The Morgan fingerprint density at radius 3 is 3.00 bits per heavy atom. The molecule has 1 aliphatic rings. The van der Waals surface area contributed by atoms with E-state index in [1.54, 1.807) is 11.3 Å². The predicted octanol–water partition coefficient (Wildman–Crippen LogP) is 2.60. The van der Waals surface area contributed by atoms with Crippen LogP contribution in [-0.4, -0.2) is 37.0 Å². The molecule has 1 aliphatic heterocycles. The smallest absolute Gasteiger partial charge is 0.254 e. The normalized spacial score (nSPS) is 19.9. The summed E-state index contributed by atoms with van der Waals surface area (Å²) < 4.78 is 1.17. The molecule has 96 valence electrons. The Morgan fingerprint density at radius 2 is 2.41 bits per heavy atom. The van der Waals surface area contributed by atoms with E-state index in [2.05, 4.69) is 27.9 Å². The first-order valence-corrected chi connectivity index (χ1v) is 7.37. The lowest BCUT2D eigenvalue weighted by Crippen LogP contribution is -2.46. The third-order valence-corrected chi connectivity index (χ3v) is 4.72. The Kier molecular flexibility index (Phi) is 6.19. The Morgan fingerprint density at radius 1 is 1.65 bits per heavy atom. The molecular formula is C11H16ClIN2OS. The zero-order valence-electron chi connectivity index (χ0n) is 9.61. The van der Waals surface area contributed by atoms with Gasteiger partial charge in [-0.05, 0) is 48.5 Å². The van der Waals surface area contributed by atoms with Crippen molar-refractivity contribution in [2.45, 2.75) is 18.9 Å². The Balaban J connectivity index is 0.00000144. The number of rotatable bonds is 2. The fourth-order valence-corrected chi connectivity index (χ4v) is 3.32. The summed E-state index contributed by atoms with van der Waals surface area (Å²) in [6.45, 7) is 1.73. The van der Waals surface area contributed by atoms with Crippen molar-refractivity contribution in [2.75, 3.05) is 20.1 Å². The Labute approximate surface area is 126 Å². The summed E-state index contributed by atoms with van der Waals surface area (Å²) in [5, 5.41) is 5.20. The summed E-state index contributed by atoms with van der Waals surface area (Å²) in [6, 6.07) is 2.42. The number of amides is 1. The first-order valence-electron chi connectivity index (χ1n) is 5.41. The lowest BCUT2D eigenvalue weighted by atomic mass is 10.1. The van der Waals surface area contributed by atoms with Crippen molar-refractivity contribution in [1.29, 1.82) is 0 Å². The highest BCUT2D eigenvalue weighted by atomic mass is 127. The fourth-order valence-electron chi connectivity index (χ4n) is 2.00. The molecule has 1 saturated heterocycles. The maximum absolute atomic E-state index is 12.2. The van der Waals surface area contributed by atoms with Gasteiger partial charge in [0.15, 0.2) is 0 Å². The number of carbonyl (C=O) groups excluding carboxylic acids is 1. The number of nitrogens with zero attached hydrogens (tertiary/aromatic N) is 1. The average Bonchev–Trinajstić information content (AvgIpc) is 2.75. The molecule has 1 fully saturated rings. The highest BCUT2D eigenvalue weighted by Crippen LogP contribution is 2.20. The van der Waals surface area contributed by atoms with E-state index >= 15 is 0 Å². The fraction of sp³-hybridized carbons (Fsp3) is 0.545. The van der Waals surface area contributed by atoms with Gasteiger partial charge in [0.1, 0.15) is 0 Å². The van der Waals surface area contributed by atoms with E-state index in [4.69, 9.17) is 0 Å². The van der Waals surface area contributed by atoms with Crippen molar-refractivity contribution in [3.8, 4) is 0 Å². The van der Waals surface area contributed by atoms with Gasteiger partial charge in [-0.1, -0.05) is 0 Å². The van der Waals surface area contributed by atoms with Crippen LogP contribution < -0.4 is 5.32 Å². The zero-order chi connectivity index (χ0) is 11.5. The minimum absolute atomic E-state index is 0. The summed E-state index contributed by atoms with van der Waals surface area (Å²) in [5.41, 5.74) is 0.839. The van der Waals surface area contributed by atoms with E-state index in [1.165, 1.54) is 9.30 Å². The molecule has 0 aliphatic carbocycles. The molecule has 0 radical (unpaired) electrons. The topological polar surface area (TPSA) is 32.3 Å². The molecule has 0 spiro atoms. The molecule has 2 heterocycles. The van der Waals surface area contributed by atoms with Gasteiger partial charge in [0.05, 0.1) is 8.45 Å². The van der Waals surface area contributed by atoms with E-state index in [1.807, 2.05) is 23.4 Å². The van der Waals surface area contributed by atoms with Gasteiger partial charge in [-0.3, -0.25) is 4.79 Å². The molecule has 1 aromatic rings. The zero-order valence-corrected chi connectivity index (χ0v) is 13.4. The van der Waals surface area contributed by atoms with Crippen LogP contribution in [0.25, 0.3) is 0 Å².